The molecule has 0 aliphatic heterocycles. The van der Waals surface area contributed by atoms with Gasteiger partial charge in [-0.25, -0.2) is 0 Å². The third kappa shape index (κ3) is 3.01. The fourth-order valence-electron chi connectivity index (χ4n) is 3.12. The van der Waals surface area contributed by atoms with E-state index in [1.54, 1.807) is 26.2 Å². The lowest BCUT2D eigenvalue weighted by molar-refractivity contribution is -0.112. The number of benzene rings is 2. The Morgan fingerprint density at radius 1 is 1.07 bits per heavy atom. The van der Waals surface area contributed by atoms with E-state index in [2.05, 4.69) is 25.5 Å². The molecule has 4 rings (SSSR count). The number of hydrogen-bond acceptors (Lipinski definition) is 5. The first-order valence-corrected chi connectivity index (χ1v) is 8.57. The van der Waals surface area contributed by atoms with Crippen LogP contribution in [0.25, 0.3) is 22.3 Å². The Labute approximate surface area is 159 Å². The molecule has 0 saturated carbocycles. The molecule has 0 radical (unpaired) electrons. The number of aromatic nitrogens is 4. The summed E-state index contributed by atoms with van der Waals surface area (Å²) >= 11 is 0. The first kappa shape index (κ1) is 17.5. The molecule has 0 bridgehead atoms. The molecule has 1 amide bonds. The predicted octanol–water partition coefficient (Wildman–Crippen LogP) is 3.09. The minimum Gasteiger partial charge on any atom is -0.496 e. The Bertz CT molecular complexity index is 1190. The van der Waals surface area contributed by atoms with Crippen LogP contribution >= 0.6 is 0 Å². The molecule has 3 N–H and O–H groups in total. The fourth-order valence-corrected chi connectivity index (χ4v) is 3.12. The van der Waals surface area contributed by atoms with Crippen LogP contribution < -0.4 is 10.1 Å². The molecular formula is C20H17N5O3. The van der Waals surface area contributed by atoms with Gasteiger partial charge in [0.1, 0.15) is 5.75 Å². The summed E-state index contributed by atoms with van der Waals surface area (Å²) in [5.74, 6) is -0.417. The number of ether oxygens (including phenoxy) is 1. The van der Waals surface area contributed by atoms with Crippen LogP contribution in [0.3, 0.4) is 0 Å². The van der Waals surface area contributed by atoms with Gasteiger partial charge in [-0.05, 0) is 25.1 Å². The van der Waals surface area contributed by atoms with Gasteiger partial charge < -0.3 is 9.72 Å². The molecule has 2 heterocycles. The van der Waals surface area contributed by atoms with E-state index < -0.39 is 11.7 Å². The van der Waals surface area contributed by atoms with Gasteiger partial charge in [-0.3, -0.25) is 20.0 Å². The number of ketones is 1. The normalized spacial score (nSPS) is 10.8. The molecule has 0 spiro atoms. The molecule has 0 saturated heterocycles. The molecule has 0 aliphatic rings. The van der Waals surface area contributed by atoms with Crippen molar-refractivity contribution in [1.82, 2.24) is 20.2 Å². The number of nitrogens with zero attached hydrogens (tertiary/aromatic N) is 2. The summed E-state index contributed by atoms with van der Waals surface area (Å²) in [6, 6.07) is 14.6. The first-order chi connectivity index (χ1) is 13.6. The smallest absolute Gasteiger partial charge is 0.299 e. The van der Waals surface area contributed by atoms with Gasteiger partial charge in [0.05, 0.1) is 18.2 Å². The number of methoxy groups -OCH3 is 1. The van der Waals surface area contributed by atoms with Crippen molar-refractivity contribution >= 4 is 28.5 Å². The summed E-state index contributed by atoms with van der Waals surface area (Å²) in [5, 5.41) is 9.87. The van der Waals surface area contributed by atoms with Gasteiger partial charge in [0.25, 0.3) is 11.7 Å². The van der Waals surface area contributed by atoms with Crippen molar-refractivity contribution in [3.8, 4) is 17.1 Å². The second kappa shape index (κ2) is 6.99. The Morgan fingerprint density at radius 2 is 1.82 bits per heavy atom. The zero-order valence-electron chi connectivity index (χ0n) is 15.2. The number of fused-ring (bicyclic) bond motifs is 1. The number of aryl methyl sites for hydroxylation is 1. The number of hydrogen-bond donors (Lipinski definition) is 3. The summed E-state index contributed by atoms with van der Waals surface area (Å²) in [6.07, 6.45) is 0. The monoisotopic (exact) mass is 375 g/mol. The average molecular weight is 375 g/mol. The minimum atomic E-state index is -0.807. The maximum absolute atomic E-state index is 12.7. The highest BCUT2D eigenvalue weighted by Gasteiger charge is 2.24. The number of rotatable bonds is 5. The van der Waals surface area contributed by atoms with Crippen LogP contribution in [0, 0.1) is 6.92 Å². The van der Waals surface area contributed by atoms with E-state index in [0.717, 1.165) is 5.52 Å². The number of H-pyrrole nitrogens is 2. The second-order valence-corrected chi connectivity index (χ2v) is 6.16. The Hall–Kier alpha value is -3.94. The minimum absolute atomic E-state index is 0.0109. The molecule has 28 heavy (non-hydrogen) atoms. The van der Waals surface area contributed by atoms with Gasteiger partial charge >= 0.3 is 0 Å². The standard InChI is InChI=1S/C20H17N5O3/c1-11-16(12-7-3-5-9-14(12)21-11)17(26)19(27)23-20-22-18(24-25-20)13-8-4-6-10-15(13)28-2/h3-10,21H,1-2H3,(H2,22,23,24,25,27). The van der Waals surface area contributed by atoms with Gasteiger partial charge in [0.15, 0.2) is 5.82 Å². The zero-order valence-corrected chi connectivity index (χ0v) is 15.2. The van der Waals surface area contributed by atoms with Crippen LogP contribution in [-0.2, 0) is 4.79 Å². The summed E-state index contributed by atoms with van der Waals surface area (Å²) in [7, 11) is 1.56. The maximum atomic E-state index is 12.7. The van der Waals surface area contributed by atoms with E-state index in [-0.39, 0.29) is 5.95 Å². The lowest BCUT2D eigenvalue weighted by Gasteiger charge is -2.04. The number of anilines is 1. The second-order valence-electron chi connectivity index (χ2n) is 6.16. The maximum Gasteiger partial charge on any atom is 0.299 e. The molecular weight excluding hydrogens is 358 g/mol. The van der Waals surface area contributed by atoms with Gasteiger partial charge in [-0.1, -0.05) is 30.3 Å². The molecule has 8 nitrogen and oxygen atoms in total. The lowest BCUT2D eigenvalue weighted by Crippen LogP contribution is -2.24. The van der Waals surface area contributed by atoms with Crippen LogP contribution in [0.4, 0.5) is 5.95 Å². The topological polar surface area (TPSA) is 113 Å². The Kier molecular flexibility index (Phi) is 4.36. The van der Waals surface area contributed by atoms with Crippen molar-refractivity contribution in [2.24, 2.45) is 0 Å². The summed E-state index contributed by atoms with van der Waals surface area (Å²) in [4.78, 5) is 32.5. The molecule has 0 unspecified atom stereocenters. The van der Waals surface area contributed by atoms with Crippen molar-refractivity contribution in [1.29, 1.82) is 0 Å². The van der Waals surface area contributed by atoms with E-state index in [4.69, 9.17) is 4.74 Å². The van der Waals surface area contributed by atoms with Crippen LogP contribution in [-0.4, -0.2) is 39.0 Å². The number of Topliss-reactive ketones (excluding diaryl/α,β-unsaturated/α-hetero) is 1. The Morgan fingerprint density at radius 3 is 2.64 bits per heavy atom. The van der Waals surface area contributed by atoms with Crippen molar-refractivity contribution in [3.05, 3.63) is 59.8 Å². The average Bonchev–Trinajstić information content (AvgIpc) is 3.30. The number of carbonyl (C=O) groups is 2. The molecule has 0 atom stereocenters. The molecule has 2 aromatic carbocycles. The molecule has 0 aliphatic carbocycles. The third-order valence-electron chi connectivity index (χ3n) is 4.40. The van der Waals surface area contributed by atoms with E-state index in [9.17, 15) is 9.59 Å². The quantitative estimate of drug-likeness (QED) is 0.366. The SMILES string of the molecule is COc1ccccc1-c1nc(NC(=O)C(=O)c2c(C)[nH]c3ccccc23)n[nH]1. The van der Waals surface area contributed by atoms with Crippen LogP contribution in [0.5, 0.6) is 5.75 Å². The van der Waals surface area contributed by atoms with Crippen molar-refractivity contribution in [2.45, 2.75) is 6.92 Å². The molecule has 140 valence electrons. The van der Waals surface area contributed by atoms with Crippen LogP contribution in [0.15, 0.2) is 48.5 Å². The van der Waals surface area contributed by atoms with E-state index >= 15 is 0 Å². The molecule has 2 aromatic heterocycles. The number of aromatic amines is 2. The predicted molar refractivity (Wildman–Crippen MR) is 104 cm³/mol. The fraction of sp³-hybridized carbons (Fsp3) is 0.100. The Balaban J connectivity index is 1.58. The third-order valence-corrected chi connectivity index (χ3v) is 4.40. The van der Waals surface area contributed by atoms with Crippen molar-refractivity contribution < 1.29 is 14.3 Å². The van der Waals surface area contributed by atoms with Gasteiger partial charge in [-0.2, -0.15) is 4.98 Å². The van der Waals surface area contributed by atoms with Gasteiger partial charge in [0, 0.05) is 16.6 Å². The number of nitrogens with one attached hydrogen (secondary N) is 3. The summed E-state index contributed by atoms with van der Waals surface area (Å²) < 4.78 is 5.30. The molecule has 4 aromatic rings. The van der Waals surface area contributed by atoms with Crippen LogP contribution in [0.2, 0.25) is 0 Å². The molecule has 0 fully saturated rings. The number of carbonyl (C=O) groups excluding carboxylic acids is 2. The zero-order chi connectivity index (χ0) is 19.7. The molecule has 8 heteroatoms. The van der Waals surface area contributed by atoms with E-state index in [0.29, 0.717) is 33.8 Å². The number of para-hydroxylation sites is 2. The lowest BCUT2D eigenvalue weighted by atomic mass is 10.1. The van der Waals surface area contributed by atoms with E-state index in [1.165, 1.54) is 0 Å². The largest absolute Gasteiger partial charge is 0.496 e. The van der Waals surface area contributed by atoms with Gasteiger partial charge in [-0.15, -0.1) is 5.10 Å². The van der Waals surface area contributed by atoms with E-state index in [1.807, 2.05) is 36.4 Å². The first-order valence-electron chi connectivity index (χ1n) is 8.57. The highest BCUT2D eigenvalue weighted by molar-refractivity contribution is 6.48. The summed E-state index contributed by atoms with van der Waals surface area (Å²) in [6.45, 7) is 1.76. The highest BCUT2D eigenvalue weighted by Crippen LogP contribution is 2.27. The van der Waals surface area contributed by atoms with Gasteiger partial charge in [0.2, 0.25) is 5.95 Å². The van der Waals surface area contributed by atoms with Crippen molar-refractivity contribution in [2.75, 3.05) is 12.4 Å². The van der Waals surface area contributed by atoms with Crippen LogP contribution in [0.1, 0.15) is 16.1 Å². The summed E-state index contributed by atoms with van der Waals surface area (Å²) in [5.41, 5.74) is 2.46. The van der Waals surface area contributed by atoms with Crippen molar-refractivity contribution in [3.63, 3.8) is 0 Å². The number of amides is 1. The highest BCUT2D eigenvalue weighted by atomic mass is 16.5.